The molecule has 15 heavy (non-hydrogen) atoms. The van der Waals surface area contributed by atoms with Crippen molar-refractivity contribution < 1.29 is 18.1 Å². The van der Waals surface area contributed by atoms with Gasteiger partial charge in [-0.25, -0.2) is 4.89 Å². The van der Waals surface area contributed by atoms with Crippen molar-refractivity contribution >= 4 is 7.67 Å². The highest BCUT2D eigenvalue weighted by Gasteiger charge is 2.43. The van der Waals surface area contributed by atoms with E-state index >= 15 is 0 Å². The Morgan fingerprint density at radius 2 is 1.07 bits per heavy atom. The number of hydrogen-bond donors (Lipinski definition) is 1. The van der Waals surface area contributed by atoms with E-state index in [1.54, 1.807) is 61.2 Å². The number of rotatable bonds is 2. The van der Waals surface area contributed by atoms with E-state index < -0.39 is 7.67 Å². The van der Waals surface area contributed by atoms with Crippen molar-refractivity contribution in [2.24, 2.45) is 0 Å². The maximum absolute atomic E-state index is 12.1. The SMILES string of the molecule is O=P(O)([n+]1ccccc1)[n+]1ccccc1. The second kappa shape index (κ2) is 3.93. The lowest BCUT2D eigenvalue weighted by Crippen LogP contribution is -2.45. The first-order valence-electron chi connectivity index (χ1n) is 4.48. The molecule has 0 saturated heterocycles. The molecule has 0 unspecified atom stereocenters. The molecule has 2 aromatic rings. The van der Waals surface area contributed by atoms with Gasteiger partial charge in [0.15, 0.2) is 24.8 Å². The van der Waals surface area contributed by atoms with Gasteiger partial charge in [-0.1, -0.05) is 20.8 Å². The van der Waals surface area contributed by atoms with Crippen LogP contribution in [0.3, 0.4) is 0 Å². The van der Waals surface area contributed by atoms with Gasteiger partial charge in [0, 0.05) is 24.3 Å². The van der Waals surface area contributed by atoms with Crippen molar-refractivity contribution in [2.75, 3.05) is 0 Å². The first-order chi connectivity index (χ1) is 7.21. The molecule has 0 atom stereocenters. The van der Waals surface area contributed by atoms with Crippen LogP contribution in [0, 0.1) is 0 Å². The van der Waals surface area contributed by atoms with Gasteiger partial charge in [0.1, 0.15) is 0 Å². The summed E-state index contributed by atoms with van der Waals surface area (Å²) in [6, 6.07) is 10.5. The van der Waals surface area contributed by atoms with Crippen LogP contribution in [0.4, 0.5) is 0 Å². The second-order valence-corrected chi connectivity index (χ2v) is 4.97. The third kappa shape index (κ3) is 1.96. The van der Waals surface area contributed by atoms with E-state index in [9.17, 15) is 9.46 Å². The van der Waals surface area contributed by atoms with E-state index in [1.807, 2.05) is 0 Å². The molecule has 0 spiro atoms. The molecular weight excluding hydrogens is 211 g/mol. The number of nitrogens with zero attached hydrogens (tertiary/aromatic N) is 2. The zero-order chi connectivity index (χ0) is 10.7. The number of pyridine rings is 2. The number of hydrogen-bond acceptors (Lipinski definition) is 1. The molecule has 5 heteroatoms. The van der Waals surface area contributed by atoms with Crippen molar-refractivity contribution in [1.82, 2.24) is 0 Å². The first-order valence-corrected chi connectivity index (χ1v) is 6.05. The summed E-state index contributed by atoms with van der Waals surface area (Å²) in [6.45, 7) is 0. The molecule has 0 aliphatic carbocycles. The molecule has 1 N–H and O–H groups in total. The Bertz CT molecular complexity index is 444. The summed E-state index contributed by atoms with van der Waals surface area (Å²) in [7, 11) is -3.56. The Morgan fingerprint density at radius 3 is 1.40 bits per heavy atom. The van der Waals surface area contributed by atoms with Crippen LogP contribution in [-0.2, 0) is 4.57 Å². The Hall–Kier alpha value is -1.51. The van der Waals surface area contributed by atoms with Crippen LogP contribution in [0.15, 0.2) is 61.2 Å². The first kappa shape index (κ1) is 10.0. The van der Waals surface area contributed by atoms with Gasteiger partial charge < -0.3 is 0 Å². The summed E-state index contributed by atoms with van der Waals surface area (Å²) in [5.74, 6) is 0. The minimum atomic E-state index is -3.56. The van der Waals surface area contributed by atoms with Gasteiger partial charge in [-0.2, -0.15) is 4.57 Å². The molecular formula is C10H11N2O2P+2. The molecule has 0 aliphatic heterocycles. The summed E-state index contributed by atoms with van der Waals surface area (Å²) in [4.78, 5) is 9.94. The smallest absolute Gasteiger partial charge is 0.238 e. The van der Waals surface area contributed by atoms with Crippen molar-refractivity contribution in [3.63, 3.8) is 0 Å². The van der Waals surface area contributed by atoms with Gasteiger partial charge in [-0.05, 0) is 0 Å². The minimum absolute atomic E-state index is 1.30. The van der Waals surface area contributed by atoms with Gasteiger partial charge in [0.05, 0.1) is 0 Å². The molecule has 0 aromatic carbocycles. The molecule has 0 bridgehead atoms. The van der Waals surface area contributed by atoms with Gasteiger partial charge in [0.2, 0.25) is 0 Å². The highest BCUT2D eigenvalue weighted by Crippen LogP contribution is 2.26. The van der Waals surface area contributed by atoms with E-state index in [0.29, 0.717) is 0 Å². The molecule has 0 fully saturated rings. The van der Waals surface area contributed by atoms with Crippen molar-refractivity contribution in [1.29, 1.82) is 0 Å². The monoisotopic (exact) mass is 222 g/mol. The van der Waals surface area contributed by atoms with Gasteiger partial charge in [-0.15, -0.1) is 0 Å². The molecule has 76 valence electrons. The topological polar surface area (TPSA) is 45.1 Å². The molecule has 2 heterocycles. The zero-order valence-corrected chi connectivity index (χ0v) is 8.87. The normalized spacial score (nSPS) is 11.3. The van der Waals surface area contributed by atoms with Crippen LogP contribution < -0.4 is 8.68 Å². The molecule has 2 aromatic heterocycles. The van der Waals surface area contributed by atoms with Crippen LogP contribution in [0.5, 0.6) is 0 Å². The lowest BCUT2D eigenvalue weighted by Gasteiger charge is -1.97. The minimum Gasteiger partial charge on any atom is -0.238 e. The summed E-state index contributed by atoms with van der Waals surface area (Å²) in [5, 5.41) is 0. The molecule has 0 radical (unpaired) electrons. The van der Waals surface area contributed by atoms with Crippen LogP contribution in [0.1, 0.15) is 0 Å². The van der Waals surface area contributed by atoms with Crippen LogP contribution in [0.25, 0.3) is 0 Å². The Kier molecular flexibility index (Phi) is 2.62. The zero-order valence-electron chi connectivity index (χ0n) is 7.97. The fraction of sp³-hybridized carbons (Fsp3) is 0. The second-order valence-electron chi connectivity index (χ2n) is 3.02. The largest absolute Gasteiger partial charge is 0.738 e. The predicted octanol–water partition coefficient (Wildman–Crippen LogP) is 0.758. The van der Waals surface area contributed by atoms with E-state index in [-0.39, 0.29) is 0 Å². The summed E-state index contributed by atoms with van der Waals surface area (Å²) >= 11 is 0. The fourth-order valence-corrected chi connectivity index (χ4v) is 2.49. The molecule has 0 saturated carbocycles. The summed E-state index contributed by atoms with van der Waals surface area (Å²) in [6.07, 6.45) is 6.28. The van der Waals surface area contributed by atoms with E-state index in [2.05, 4.69) is 0 Å². The third-order valence-electron chi connectivity index (χ3n) is 2.00. The lowest BCUT2D eigenvalue weighted by atomic mass is 10.5. The van der Waals surface area contributed by atoms with Crippen molar-refractivity contribution in [3.05, 3.63) is 61.2 Å². The van der Waals surface area contributed by atoms with Crippen LogP contribution in [0.2, 0.25) is 0 Å². The maximum atomic E-state index is 12.1. The van der Waals surface area contributed by atoms with Crippen molar-refractivity contribution in [2.45, 2.75) is 0 Å². The molecule has 2 rings (SSSR count). The maximum Gasteiger partial charge on any atom is 0.738 e. The van der Waals surface area contributed by atoms with E-state index in [0.717, 1.165) is 0 Å². The Labute approximate surface area is 87.6 Å². The van der Waals surface area contributed by atoms with E-state index in [1.165, 1.54) is 8.68 Å². The lowest BCUT2D eigenvalue weighted by molar-refractivity contribution is -0.654. The molecule has 0 amide bonds. The Morgan fingerprint density at radius 1 is 0.733 bits per heavy atom. The average molecular weight is 222 g/mol. The molecule has 0 aliphatic rings. The van der Waals surface area contributed by atoms with Gasteiger partial charge >= 0.3 is 7.67 Å². The van der Waals surface area contributed by atoms with E-state index in [4.69, 9.17) is 0 Å². The van der Waals surface area contributed by atoms with Gasteiger partial charge in [0.25, 0.3) is 0 Å². The summed E-state index contributed by atoms with van der Waals surface area (Å²) in [5.41, 5.74) is 0. The molecule has 4 nitrogen and oxygen atoms in total. The highest BCUT2D eigenvalue weighted by atomic mass is 31.2. The standard InChI is InChI=1S/C10H10N2O2P/c13-15(14,11-7-3-1-4-8-11)12-9-5-2-6-10-12/h1-10H/q+1/p+1. The summed E-state index contributed by atoms with van der Waals surface area (Å²) < 4.78 is 14.7. The average Bonchev–Trinajstić information content (AvgIpc) is 2.31. The van der Waals surface area contributed by atoms with Crippen LogP contribution >= 0.6 is 7.67 Å². The van der Waals surface area contributed by atoms with Crippen LogP contribution in [-0.4, -0.2) is 4.89 Å². The predicted molar refractivity (Wildman–Crippen MR) is 53.9 cm³/mol. The fourth-order valence-electron chi connectivity index (χ4n) is 1.25. The third-order valence-corrected chi connectivity index (χ3v) is 3.74. The Balaban J connectivity index is 2.50. The van der Waals surface area contributed by atoms with Gasteiger partial charge in [-0.3, -0.25) is 0 Å². The number of aromatic nitrogens is 2. The quantitative estimate of drug-likeness (QED) is 0.762. The highest BCUT2D eigenvalue weighted by molar-refractivity contribution is 7.43. The van der Waals surface area contributed by atoms with Crippen molar-refractivity contribution in [3.8, 4) is 0 Å².